The molecule has 0 amide bonds. The van der Waals surface area contributed by atoms with Crippen LogP contribution >= 0.6 is 0 Å². The molecule has 2 rings (SSSR count). The van der Waals surface area contributed by atoms with Gasteiger partial charge in [-0.2, -0.15) is 4.39 Å². The van der Waals surface area contributed by atoms with E-state index >= 15 is 0 Å². The van der Waals surface area contributed by atoms with E-state index in [4.69, 9.17) is 0 Å². The Morgan fingerprint density at radius 2 is 2.19 bits per heavy atom. The molecule has 88 valence electrons. The summed E-state index contributed by atoms with van der Waals surface area (Å²) in [5.41, 5.74) is 0. The molecular formula is C12H18FN3. The molecule has 0 bridgehead atoms. The Balaban J connectivity index is 1.87. The Kier molecular flexibility index (Phi) is 3.72. The first-order valence-corrected chi connectivity index (χ1v) is 5.89. The molecule has 1 aliphatic rings. The number of hydrogen-bond donors (Lipinski definition) is 1. The maximum absolute atomic E-state index is 12.9. The molecule has 1 aromatic heterocycles. The van der Waals surface area contributed by atoms with Gasteiger partial charge in [0.1, 0.15) is 5.82 Å². The molecule has 0 aliphatic carbocycles. The first-order valence-electron chi connectivity index (χ1n) is 5.89. The monoisotopic (exact) mass is 223 g/mol. The SMILES string of the molecule is CCN1CCC(Nc2cccc(F)n2)CC1. The van der Waals surface area contributed by atoms with E-state index in [1.165, 1.54) is 6.07 Å². The van der Waals surface area contributed by atoms with Gasteiger partial charge >= 0.3 is 0 Å². The average molecular weight is 223 g/mol. The molecule has 0 atom stereocenters. The van der Waals surface area contributed by atoms with Crippen LogP contribution in [0.2, 0.25) is 0 Å². The van der Waals surface area contributed by atoms with Gasteiger partial charge in [-0.05, 0) is 31.5 Å². The summed E-state index contributed by atoms with van der Waals surface area (Å²) in [5.74, 6) is 0.228. The molecule has 1 saturated heterocycles. The minimum atomic E-state index is -0.420. The summed E-state index contributed by atoms with van der Waals surface area (Å²) in [4.78, 5) is 6.24. The number of hydrogen-bond acceptors (Lipinski definition) is 3. The molecule has 0 unspecified atom stereocenters. The van der Waals surface area contributed by atoms with E-state index in [2.05, 4.69) is 22.1 Å². The quantitative estimate of drug-likeness (QED) is 0.795. The van der Waals surface area contributed by atoms with Gasteiger partial charge in [0.15, 0.2) is 0 Å². The largest absolute Gasteiger partial charge is 0.367 e. The first-order chi connectivity index (χ1) is 7.78. The minimum absolute atomic E-state index is 0.420. The van der Waals surface area contributed by atoms with Crippen LogP contribution in [0.3, 0.4) is 0 Å². The van der Waals surface area contributed by atoms with Gasteiger partial charge in [0.25, 0.3) is 0 Å². The highest BCUT2D eigenvalue weighted by atomic mass is 19.1. The zero-order chi connectivity index (χ0) is 11.4. The van der Waals surface area contributed by atoms with E-state index in [1.54, 1.807) is 6.07 Å². The van der Waals surface area contributed by atoms with Crippen LogP contribution in [-0.4, -0.2) is 35.6 Å². The van der Waals surface area contributed by atoms with Gasteiger partial charge in [0, 0.05) is 19.1 Å². The molecule has 1 fully saturated rings. The fourth-order valence-corrected chi connectivity index (χ4v) is 2.09. The van der Waals surface area contributed by atoms with Crippen molar-refractivity contribution < 1.29 is 4.39 Å². The highest BCUT2D eigenvalue weighted by Crippen LogP contribution is 2.14. The van der Waals surface area contributed by atoms with E-state index in [0.29, 0.717) is 11.9 Å². The molecule has 1 aromatic rings. The van der Waals surface area contributed by atoms with Gasteiger partial charge in [0.05, 0.1) is 0 Å². The zero-order valence-electron chi connectivity index (χ0n) is 9.62. The van der Waals surface area contributed by atoms with Gasteiger partial charge < -0.3 is 10.2 Å². The van der Waals surface area contributed by atoms with Crippen LogP contribution in [-0.2, 0) is 0 Å². The van der Waals surface area contributed by atoms with Crippen LogP contribution in [0.5, 0.6) is 0 Å². The third-order valence-electron chi connectivity index (χ3n) is 3.10. The molecule has 0 saturated carbocycles. The van der Waals surface area contributed by atoms with Crippen LogP contribution < -0.4 is 5.32 Å². The van der Waals surface area contributed by atoms with Crippen LogP contribution in [0.25, 0.3) is 0 Å². The van der Waals surface area contributed by atoms with Gasteiger partial charge in [0.2, 0.25) is 5.95 Å². The topological polar surface area (TPSA) is 28.2 Å². The maximum atomic E-state index is 12.9. The van der Waals surface area contributed by atoms with Crippen LogP contribution in [0.4, 0.5) is 10.2 Å². The van der Waals surface area contributed by atoms with Crippen molar-refractivity contribution in [1.29, 1.82) is 0 Å². The lowest BCUT2D eigenvalue weighted by Crippen LogP contribution is -2.39. The fraction of sp³-hybridized carbons (Fsp3) is 0.583. The number of piperidine rings is 1. The van der Waals surface area contributed by atoms with E-state index in [9.17, 15) is 4.39 Å². The highest BCUT2D eigenvalue weighted by molar-refractivity contribution is 5.34. The standard InChI is InChI=1S/C12H18FN3/c1-2-16-8-6-10(7-9-16)14-12-5-3-4-11(13)15-12/h3-5,10H,2,6-9H2,1H3,(H,14,15). The molecule has 1 N–H and O–H groups in total. The molecule has 16 heavy (non-hydrogen) atoms. The Labute approximate surface area is 95.7 Å². The van der Waals surface area contributed by atoms with Crippen molar-refractivity contribution in [1.82, 2.24) is 9.88 Å². The number of nitrogens with zero attached hydrogens (tertiary/aromatic N) is 2. The van der Waals surface area contributed by atoms with Crippen molar-refractivity contribution in [3.8, 4) is 0 Å². The smallest absolute Gasteiger partial charge is 0.214 e. The number of aromatic nitrogens is 1. The Morgan fingerprint density at radius 1 is 1.44 bits per heavy atom. The van der Waals surface area contributed by atoms with Gasteiger partial charge in [-0.3, -0.25) is 0 Å². The number of anilines is 1. The first kappa shape index (κ1) is 11.3. The lowest BCUT2D eigenvalue weighted by atomic mass is 10.1. The van der Waals surface area contributed by atoms with E-state index in [-0.39, 0.29) is 0 Å². The van der Waals surface area contributed by atoms with Crippen LogP contribution in [0, 0.1) is 5.95 Å². The second-order valence-electron chi connectivity index (χ2n) is 4.20. The van der Waals surface area contributed by atoms with Gasteiger partial charge in [-0.1, -0.05) is 13.0 Å². The normalized spacial score (nSPS) is 18.6. The number of pyridine rings is 1. The zero-order valence-corrected chi connectivity index (χ0v) is 9.62. The Morgan fingerprint density at radius 3 is 2.81 bits per heavy atom. The maximum Gasteiger partial charge on any atom is 0.214 e. The predicted molar refractivity (Wildman–Crippen MR) is 63.0 cm³/mol. The van der Waals surface area contributed by atoms with E-state index in [1.807, 2.05) is 6.07 Å². The summed E-state index contributed by atoms with van der Waals surface area (Å²) in [5, 5.41) is 3.29. The van der Waals surface area contributed by atoms with Crippen molar-refractivity contribution in [3.63, 3.8) is 0 Å². The van der Waals surface area contributed by atoms with Crippen molar-refractivity contribution in [3.05, 3.63) is 24.1 Å². The number of likely N-dealkylation sites (tertiary alicyclic amines) is 1. The predicted octanol–water partition coefficient (Wildman–Crippen LogP) is 2.12. The summed E-state index contributed by atoms with van der Waals surface area (Å²) in [6.07, 6.45) is 2.21. The average Bonchev–Trinajstić information content (AvgIpc) is 2.30. The van der Waals surface area contributed by atoms with Gasteiger partial charge in [-0.25, -0.2) is 4.98 Å². The summed E-state index contributed by atoms with van der Waals surface area (Å²) < 4.78 is 12.9. The molecule has 2 heterocycles. The van der Waals surface area contributed by atoms with E-state index < -0.39 is 5.95 Å². The fourth-order valence-electron chi connectivity index (χ4n) is 2.09. The summed E-state index contributed by atoms with van der Waals surface area (Å²) in [7, 11) is 0. The molecule has 0 aromatic carbocycles. The lowest BCUT2D eigenvalue weighted by Gasteiger charge is -2.31. The third-order valence-corrected chi connectivity index (χ3v) is 3.10. The third kappa shape index (κ3) is 2.92. The van der Waals surface area contributed by atoms with Gasteiger partial charge in [-0.15, -0.1) is 0 Å². The number of halogens is 1. The molecule has 3 nitrogen and oxygen atoms in total. The second-order valence-corrected chi connectivity index (χ2v) is 4.20. The van der Waals surface area contributed by atoms with E-state index in [0.717, 1.165) is 32.5 Å². The molecule has 0 radical (unpaired) electrons. The van der Waals surface area contributed by atoms with Crippen molar-refractivity contribution in [2.75, 3.05) is 25.0 Å². The molecular weight excluding hydrogens is 205 g/mol. The van der Waals surface area contributed by atoms with Crippen LogP contribution in [0.15, 0.2) is 18.2 Å². The number of nitrogens with one attached hydrogen (secondary N) is 1. The lowest BCUT2D eigenvalue weighted by molar-refractivity contribution is 0.229. The van der Waals surface area contributed by atoms with Crippen molar-refractivity contribution in [2.24, 2.45) is 0 Å². The molecule has 1 aliphatic heterocycles. The Bertz CT molecular complexity index is 335. The van der Waals surface area contributed by atoms with Crippen molar-refractivity contribution in [2.45, 2.75) is 25.8 Å². The second kappa shape index (κ2) is 5.25. The molecule has 0 spiro atoms. The molecule has 4 heteroatoms. The minimum Gasteiger partial charge on any atom is -0.367 e. The van der Waals surface area contributed by atoms with Crippen molar-refractivity contribution >= 4 is 5.82 Å². The summed E-state index contributed by atoms with van der Waals surface area (Å²) in [6.45, 7) is 5.53. The summed E-state index contributed by atoms with van der Waals surface area (Å²) in [6, 6.07) is 5.29. The Hall–Kier alpha value is -1.16. The number of rotatable bonds is 3. The van der Waals surface area contributed by atoms with Crippen LogP contribution in [0.1, 0.15) is 19.8 Å². The highest BCUT2D eigenvalue weighted by Gasteiger charge is 2.17. The summed E-state index contributed by atoms with van der Waals surface area (Å²) >= 11 is 0.